The summed E-state index contributed by atoms with van der Waals surface area (Å²) >= 11 is 0. The van der Waals surface area contributed by atoms with Gasteiger partial charge in [0.25, 0.3) is 0 Å². The average molecular weight is 311 g/mol. The molecule has 0 atom stereocenters. The highest BCUT2D eigenvalue weighted by atomic mass is 16.5. The zero-order valence-electron chi connectivity index (χ0n) is 15.1. The first kappa shape index (κ1) is 21.2. The van der Waals surface area contributed by atoms with Gasteiger partial charge in [-0.05, 0) is 38.5 Å². The van der Waals surface area contributed by atoms with Crippen molar-refractivity contribution >= 4 is 5.97 Å². The second-order valence-electron chi connectivity index (χ2n) is 6.28. The monoisotopic (exact) mass is 310 g/mol. The highest BCUT2D eigenvalue weighted by Gasteiger charge is 1.93. The summed E-state index contributed by atoms with van der Waals surface area (Å²) in [4.78, 5) is 10.6. The van der Waals surface area contributed by atoms with Gasteiger partial charge in [0.1, 0.15) is 0 Å². The van der Waals surface area contributed by atoms with Crippen LogP contribution in [0.15, 0.2) is 12.2 Å². The van der Waals surface area contributed by atoms with Gasteiger partial charge in [-0.3, -0.25) is 4.79 Å². The number of hydrogen-bond acceptors (Lipinski definition) is 2. The molecule has 22 heavy (non-hydrogen) atoms. The molecule has 0 saturated heterocycles. The summed E-state index contributed by atoms with van der Waals surface area (Å²) in [5.41, 5.74) is 0. The Hall–Kier alpha value is -0.790. The first-order chi connectivity index (χ1) is 10.8. The minimum absolute atomic E-state index is 0.166. The zero-order chi connectivity index (χ0) is 16.3. The summed E-state index contributed by atoms with van der Waals surface area (Å²) in [5, 5.41) is 0. The predicted molar refractivity (Wildman–Crippen MR) is 96.1 cm³/mol. The smallest absolute Gasteiger partial charge is 0.302 e. The van der Waals surface area contributed by atoms with Crippen LogP contribution in [-0.4, -0.2) is 12.6 Å². The van der Waals surface area contributed by atoms with E-state index < -0.39 is 0 Å². The third-order valence-corrected chi connectivity index (χ3v) is 3.96. The number of hydrogen-bond donors (Lipinski definition) is 0. The Bertz CT molecular complexity index is 258. The van der Waals surface area contributed by atoms with Gasteiger partial charge in [0, 0.05) is 6.92 Å². The molecule has 0 saturated carbocycles. The molecule has 130 valence electrons. The largest absolute Gasteiger partial charge is 0.466 e. The Morgan fingerprint density at radius 2 is 1.18 bits per heavy atom. The van der Waals surface area contributed by atoms with E-state index >= 15 is 0 Å². The van der Waals surface area contributed by atoms with Crippen molar-refractivity contribution in [2.75, 3.05) is 6.61 Å². The Balaban J connectivity index is 3.07. The number of carbonyl (C=O) groups excluding carboxylic acids is 1. The van der Waals surface area contributed by atoms with Crippen molar-refractivity contribution in [1.29, 1.82) is 0 Å². The van der Waals surface area contributed by atoms with E-state index in [-0.39, 0.29) is 5.97 Å². The molecule has 0 fully saturated rings. The summed E-state index contributed by atoms with van der Waals surface area (Å²) < 4.78 is 4.90. The van der Waals surface area contributed by atoms with Gasteiger partial charge in [-0.15, -0.1) is 0 Å². The van der Waals surface area contributed by atoms with Gasteiger partial charge in [0.2, 0.25) is 0 Å². The lowest BCUT2D eigenvalue weighted by molar-refractivity contribution is -0.141. The van der Waals surface area contributed by atoms with E-state index in [1.54, 1.807) is 0 Å². The molecule has 0 aliphatic carbocycles. The summed E-state index contributed by atoms with van der Waals surface area (Å²) in [6.07, 6.45) is 23.0. The van der Waals surface area contributed by atoms with Crippen LogP contribution in [0.5, 0.6) is 0 Å². The number of rotatable bonds is 16. The first-order valence-corrected chi connectivity index (χ1v) is 9.55. The van der Waals surface area contributed by atoms with E-state index in [0.717, 1.165) is 19.3 Å². The van der Waals surface area contributed by atoms with Gasteiger partial charge in [-0.25, -0.2) is 0 Å². The highest BCUT2D eigenvalue weighted by molar-refractivity contribution is 5.65. The fraction of sp³-hybridized carbons (Fsp3) is 0.850. The Morgan fingerprint density at radius 3 is 1.68 bits per heavy atom. The third kappa shape index (κ3) is 19.2. The van der Waals surface area contributed by atoms with Crippen LogP contribution in [0.3, 0.4) is 0 Å². The molecule has 0 N–H and O–H groups in total. The van der Waals surface area contributed by atoms with Gasteiger partial charge >= 0.3 is 5.97 Å². The molecule has 0 bridgehead atoms. The van der Waals surface area contributed by atoms with E-state index in [9.17, 15) is 4.79 Å². The van der Waals surface area contributed by atoms with Crippen molar-refractivity contribution in [3.63, 3.8) is 0 Å². The molecule has 0 aliphatic rings. The van der Waals surface area contributed by atoms with E-state index in [1.165, 1.54) is 77.6 Å². The van der Waals surface area contributed by atoms with Crippen molar-refractivity contribution < 1.29 is 9.53 Å². The van der Waals surface area contributed by atoms with Gasteiger partial charge < -0.3 is 4.74 Å². The number of unbranched alkanes of at least 4 members (excludes halogenated alkanes) is 12. The molecule has 0 spiro atoms. The number of carbonyl (C=O) groups is 1. The molecule has 0 radical (unpaired) electrons. The SMILES string of the molecule is CCCCCCCCCCCC=CCCCCCOC(C)=O. The summed E-state index contributed by atoms with van der Waals surface area (Å²) in [7, 11) is 0. The molecule has 0 aromatic rings. The van der Waals surface area contributed by atoms with E-state index in [0.29, 0.717) is 6.61 Å². The normalized spacial score (nSPS) is 11.2. The third-order valence-electron chi connectivity index (χ3n) is 3.96. The predicted octanol–water partition coefficient (Wildman–Crippen LogP) is 6.59. The van der Waals surface area contributed by atoms with E-state index in [1.807, 2.05) is 0 Å². The fourth-order valence-electron chi connectivity index (χ4n) is 2.57. The Kier molecular flexibility index (Phi) is 17.6. The van der Waals surface area contributed by atoms with Crippen molar-refractivity contribution in [2.45, 2.75) is 104 Å². The van der Waals surface area contributed by atoms with Gasteiger partial charge in [0.15, 0.2) is 0 Å². The van der Waals surface area contributed by atoms with Gasteiger partial charge in [-0.2, -0.15) is 0 Å². The summed E-state index contributed by atoms with van der Waals surface area (Å²) in [6, 6.07) is 0. The fourth-order valence-corrected chi connectivity index (χ4v) is 2.57. The maximum atomic E-state index is 10.6. The Morgan fingerprint density at radius 1 is 0.727 bits per heavy atom. The minimum Gasteiger partial charge on any atom is -0.466 e. The molecular formula is C20H38O2. The molecule has 0 heterocycles. The molecular weight excluding hydrogens is 272 g/mol. The number of ether oxygens (including phenoxy) is 1. The van der Waals surface area contributed by atoms with Crippen LogP contribution in [-0.2, 0) is 9.53 Å². The maximum absolute atomic E-state index is 10.6. The highest BCUT2D eigenvalue weighted by Crippen LogP contribution is 2.11. The molecule has 0 aromatic heterocycles. The van der Waals surface area contributed by atoms with Crippen LogP contribution in [0.2, 0.25) is 0 Å². The van der Waals surface area contributed by atoms with Crippen LogP contribution in [0.25, 0.3) is 0 Å². The van der Waals surface area contributed by atoms with Crippen molar-refractivity contribution in [2.24, 2.45) is 0 Å². The molecule has 0 aromatic carbocycles. The molecule has 0 amide bonds. The second-order valence-corrected chi connectivity index (χ2v) is 6.28. The lowest BCUT2D eigenvalue weighted by Gasteiger charge is -2.01. The molecule has 0 rings (SSSR count). The van der Waals surface area contributed by atoms with Crippen molar-refractivity contribution in [3.05, 3.63) is 12.2 Å². The Labute approximate surface area is 138 Å². The quantitative estimate of drug-likeness (QED) is 0.183. The number of esters is 1. The van der Waals surface area contributed by atoms with Gasteiger partial charge in [0.05, 0.1) is 6.61 Å². The lowest BCUT2D eigenvalue weighted by Crippen LogP contribution is -1.99. The van der Waals surface area contributed by atoms with Crippen molar-refractivity contribution in [1.82, 2.24) is 0 Å². The van der Waals surface area contributed by atoms with Crippen LogP contribution in [0, 0.1) is 0 Å². The van der Waals surface area contributed by atoms with Crippen molar-refractivity contribution in [3.8, 4) is 0 Å². The first-order valence-electron chi connectivity index (χ1n) is 9.55. The van der Waals surface area contributed by atoms with E-state index in [4.69, 9.17) is 4.74 Å². The summed E-state index contributed by atoms with van der Waals surface area (Å²) in [5.74, 6) is -0.166. The molecule has 0 aliphatic heterocycles. The standard InChI is InChI=1S/C20H38O2/c1-3-4-5-6-7-8-9-10-11-12-13-14-15-16-17-18-19-22-20(2)21/h13-14H,3-12,15-19H2,1-2H3. The maximum Gasteiger partial charge on any atom is 0.302 e. The lowest BCUT2D eigenvalue weighted by atomic mass is 10.1. The van der Waals surface area contributed by atoms with E-state index in [2.05, 4.69) is 19.1 Å². The number of allylic oxidation sites excluding steroid dienone is 2. The average Bonchev–Trinajstić information content (AvgIpc) is 2.50. The second kappa shape index (κ2) is 18.3. The topological polar surface area (TPSA) is 26.3 Å². The minimum atomic E-state index is -0.166. The zero-order valence-corrected chi connectivity index (χ0v) is 15.1. The summed E-state index contributed by atoms with van der Waals surface area (Å²) in [6.45, 7) is 4.32. The molecule has 0 unspecified atom stereocenters. The van der Waals surface area contributed by atoms with Crippen LogP contribution in [0.4, 0.5) is 0 Å². The van der Waals surface area contributed by atoms with Crippen LogP contribution < -0.4 is 0 Å². The van der Waals surface area contributed by atoms with Crippen LogP contribution >= 0.6 is 0 Å². The van der Waals surface area contributed by atoms with Crippen LogP contribution in [0.1, 0.15) is 104 Å². The molecule has 2 heteroatoms. The van der Waals surface area contributed by atoms with Gasteiger partial charge in [-0.1, -0.05) is 70.4 Å². The molecule has 2 nitrogen and oxygen atoms in total.